The van der Waals surface area contributed by atoms with E-state index in [0.717, 1.165) is 13.8 Å². The summed E-state index contributed by atoms with van der Waals surface area (Å²) in [5, 5.41) is 58.8. The minimum atomic E-state index is -2.81. The van der Waals surface area contributed by atoms with E-state index in [1.54, 1.807) is 66.7 Å². The number of hydrogen-bond donors (Lipinski definition) is 5. The molecule has 7 rings (SSSR count). The van der Waals surface area contributed by atoms with Crippen molar-refractivity contribution >= 4 is 53.7 Å². The Kier molecular flexibility index (Phi) is 28.4. The number of benzene rings is 7. The van der Waals surface area contributed by atoms with Gasteiger partial charge in [-0.3, -0.25) is 9.59 Å². The monoisotopic (exact) mass is 1320 g/mol. The van der Waals surface area contributed by atoms with Gasteiger partial charge in [0, 0.05) is 33.1 Å². The summed E-state index contributed by atoms with van der Waals surface area (Å²) in [6.07, 6.45) is -29.6. The zero-order valence-electron chi connectivity index (χ0n) is 51.8. The zero-order valence-corrected chi connectivity index (χ0v) is 51.8. The fraction of sp³-hybridized carbons (Fsp3) is 0.282. The van der Waals surface area contributed by atoms with E-state index >= 15 is 0 Å². The average molecular weight is 1320 g/mol. The summed E-state index contributed by atoms with van der Waals surface area (Å²) in [5.74, 6) is -9.79. The fourth-order valence-corrected chi connectivity index (χ4v) is 9.45. The third-order valence-electron chi connectivity index (χ3n) is 14.1. The average Bonchev–Trinajstić information content (AvgIpc) is 0.828. The molecule has 25 nitrogen and oxygen atoms in total. The number of aliphatic hydroxyl groups excluding tert-OH is 4. The number of carbonyl (C=O) groups excluding carboxylic acids is 9. The molecular formula is C71H70O25. The lowest BCUT2D eigenvalue weighted by Gasteiger charge is -2.38. The van der Waals surface area contributed by atoms with Crippen LogP contribution in [0, 0.1) is 0 Å². The van der Waals surface area contributed by atoms with E-state index in [-0.39, 0.29) is 38.9 Å². The lowest BCUT2D eigenvalue weighted by atomic mass is 10.0. The van der Waals surface area contributed by atoms with Gasteiger partial charge in [-0.1, -0.05) is 127 Å². The summed E-state index contributed by atoms with van der Waals surface area (Å²) in [6.45, 7) is -0.321. The molecule has 11 unspecified atom stereocenters. The minimum Gasteiger partial charge on any atom is -0.462 e. The summed E-state index contributed by atoms with van der Waals surface area (Å²) >= 11 is 0. The molecular weight excluding hydrogens is 1250 g/mol. The van der Waals surface area contributed by atoms with E-state index in [0.29, 0.717) is 0 Å². The van der Waals surface area contributed by atoms with Crippen molar-refractivity contribution in [1.29, 1.82) is 0 Å². The molecule has 7 aromatic rings. The molecule has 5 N–H and O–H groups in total. The van der Waals surface area contributed by atoms with Crippen LogP contribution in [-0.4, -0.2) is 173 Å². The first-order valence-electron chi connectivity index (χ1n) is 30.0. The Labute approximate surface area is 550 Å². The van der Waals surface area contributed by atoms with Crippen LogP contribution in [0.4, 0.5) is 0 Å². The predicted molar refractivity (Wildman–Crippen MR) is 334 cm³/mol. The SMILES string of the molecule is CC(=O)OC(CCOC(O)C(OC(=O)c1ccccc1)C(OC(=O)c1ccccc1)C(O)CCOC(=O)c1ccccc1)C(OC(O)C(OC(=O)c1ccccc1)C(OC(=O)c1ccccc1)C(CCOC(=O)c1ccccc1)OC(=O)c1ccccc1)C(OC(C)=O)C(O)O. The number of carbonyl (C=O) groups is 9. The highest BCUT2D eigenvalue weighted by atomic mass is 16.7. The molecule has 96 heavy (non-hydrogen) atoms. The molecule has 0 spiro atoms. The smallest absolute Gasteiger partial charge is 0.338 e. The normalized spacial score (nSPS) is 14.5. The van der Waals surface area contributed by atoms with Crippen LogP contribution in [0.5, 0.6) is 0 Å². The maximum Gasteiger partial charge on any atom is 0.338 e. The topological polar surface area (TPSA) is 356 Å². The molecule has 11 atom stereocenters. The summed E-state index contributed by atoms with van der Waals surface area (Å²) < 4.78 is 63.6. The van der Waals surface area contributed by atoms with Gasteiger partial charge in [-0.05, 0) is 84.9 Å². The number of ether oxygens (including phenoxy) is 11. The molecule has 0 aliphatic heterocycles. The van der Waals surface area contributed by atoms with Gasteiger partial charge in [0.15, 0.2) is 49.4 Å². The number of esters is 9. The van der Waals surface area contributed by atoms with Crippen molar-refractivity contribution in [3.05, 3.63) is 251 Å². The van der Waals surface area contributed by atoms with Gasteiger partial charge in [0.05, 0.1) is 64.9 Å². The first-order valence-corrected chi connectivity index (χ1v) is 30.0. The summed E-state index contributed by atoms with van der Waals surface area (Å²) in [4.78, 5) is 123. The van der Waals surface area contributed by atoms with Gasteiger partial charge in [-0.2, -0.15) is 0 Å². The summed E-state index contributed by atoms with van der Waals surface area (Å²) in [6, 6.07) is 51.6. The van der Waals surface area contributed by atoms with Crippen molar-refractivity contribution in [2.24, 2.45) is 0 Å². The Balaban J connectivity index is 1.28. The van der Waals surface area contributed by atoms with Gasteiger partial charge in [-0.25, -0.2) is 33.6 Å². The Morgan fingerprint density at radius 3 is 0.938 bits per heavy atom. The van der Waals surface area contributed by atoms with Gasteiger partial charge < -0.3 is 77.6 Å². The molecule has 0 aliphatic rings. The number of hydrogen-bond acceptors (Lipinski definition) is 25. The van der Waals surface area contributed by atoms with E-state index in [1.807, 2.05) is 0 Å². The fourth-order valence-electron chi connectivity index (χ4n) is 9.45. The molecule has 0 heterocycles. The van der Waals surface area contributed by atoms with Crippen LogP contribution in [0.3, 0.4) is 0 Å². The van der Waals surface area contributed by atoms with Crippen molar-refractivity contribution in [2.75, 3.05) is 19.8 Å². The summed E-state index contributed by atoms with van der Waals surface area (Å²) in [7, 11) is 0. The molecule has 7 aromatic carbocycles. The Morgan fingerprint density at radius 1 is 0.292 bits per heavy atom. The van der Waals surface area contributed by atoms with E-state index in [4.69, 9.17) is 52.1 Å². The van der Waals surface area contributed by atoms with Gasteiger partial charge in [0.2, 0.25) is 0 Å². The molecule has 25 heteroatoms. The quantitative estimate of drug-likeness (QED) is 0.0159. The summed E-state index contributed by atoms with van der Waals surface area (Å²) in [5.41, 5.74) is -0.284. The van der Waals surface area contributed by atoms with Crippen molar-refractivity contribution in [1.82, 2.24) is 0 Å². The zero-order chi connectivity index (χ0) is 68.9. The molecule has 0 saturated heterocycles. The van der Waals surface area contributed by atoms with Crippen LogP contribution in [-0.2, 0) is 61.7 Å². The molecule has 0 saturated carbocycles. The molecule has 0 amide bonds. The van der Waals surface area contributed by atoms with Crippen LogP contribution in [0.25, 0.3) is 0 Å². The van der Waals surface area contributed by atoms with Gasteiger partial charge in [0.25, 0.3) is 0 Å². The third-order valence-corrected chi connectivity index (χ3v) is 14.1. The van der Waals surface area contributed by atoms with Crippen molar-refractivity contribution in [2.45, 2.75) is 107 Å². The lowest BCUT2D eigenvalue weighted by molar-refractivity contribution is -0.275. The lowest BCUT2D eigenvalue weighted by Crippen LogP contribution is -2.56. The van der Waals surface area contributed by atoms with Gasteiger partial charge >= 0.3 is 53.7 Å². The standard InChI is InChI=1S/C71H70O25/c1-44(72)89-54(39-43-88-70(84)60(95-68(82)51-34-20-8-21-35-51)56(92-66(80)49-30-16-6-17-31-49)53(74)38-41-86-63(77)46-24-10-3-11-25-46)57(59(62(75)76)90-45(2)73)94-71(85)61(96-69(83)52-36-22-9-23-37-52)58(93-67(81)50-32-18-7-19-33-50)55(91-65(79)48-28-14-5-15-29-48)40-42-87-64(78)47-26-12-4-13-27-47/h3-37,53-62,70-71,74-76,84-85H,38-43H2,1-2H3. The first-order chi connectivity index (χ1) is 46.3. The Bertz CT molecular complexity index is 3600. The minimum absolute atomic E-state index is 0.0632. The van der Waals surface area contributed by atoms with Crippen LogP contribution in [0.1, 0.15) is 106 Å². The predicted octanol–water partition coefficient (Wildman–Crippen LogP) is 6.57. The Hall–Kier alpha value is -10.5. The maximum atomic E-state index is 14.4. The van der Waals surface area contributed by atoms with Crippen LogP contribution >= 0.6 is 0 Å². The first kappa shape index (κ1) is 72.9. The molecule has 0 aromatic heterocycles. The van der Waals surface area contributed by atoms with E-state index in [1.165, 1.54) is 146 Å². The second-order valence-electron chi connectivity index (χ2n) is 21.1. The molecule has 0 radical (unpaired) electrons. The van der Waals surface area contributed by atoms with Gasteiger partial charge in [0.1, 0.15) is 18.3 Å². The molecule has 0 bridgehead atoms. The molecule has 0 fully saturated rings. The van der Waals surface area contributed by atoms with Crippen LogP contribution in [0.2, 0.25) is 0 Å². The van der Waals surface area contributed by atoms with Crippen LogP contribution < -0.4 is 0 Å². The highest BCUT2D eigenvalue weighted by molar-refractivity contribution is 5.93. The maximum absolute atomic E-state index is 14.4. The van der Waals surface area contributed by atoms with Crippen molar-refractivity contribution in [3.8, 4) is 0 Å². The van der Waals surface area contributed by atoms with Crippen molar-refractivity contribution < 1.29 is 121 Å². The van der Waals surface area contributed by atoms with E-state index in [2.05, 4.69) is 0 Å². The van der Waals surface area contributed by atoms with E-state index in [9.17, 15) is 68.7 Å². The largest absolute Gasteiger partial charge is 0.462 e. The van der Waals surface area contributed by atoms with E-state index < -0.39 is 167 Å². The Morgan fingerprint density at radius 2 is 0.583 bits per heavy atom. The van der Waals surface area contributed by atoms with Gasteiger partial charge in [-0.15, -0.1) is 0 Å². The third kappa shape index (κ3) is 22.3. The highest BCUT2D eigenvalue weighted by Gasteiger charge is 2.48. The molecule has 504 valence electrons. The van der Waals surface area contributed by atoms with Crippen molar-refractivity contribution in [3.63, 3.8) is 0 Å². The number of aliphatic hydroxyl groups is 5. The second-order valence-corrected chi connectivity index (χ2v) is 21.1. The number of rotatable bonds is 35. The second kappa shape index (κ2) is 37.4. The highest BCUT2D eigenvalue weighted by Crippen LogP contribution is 2.29. The molecule has 0 aliphatic carbocycles. The van der Waals surface area contributed by atoms with Crippen LogP contribution in [0.15, 0.2) is 212 Å².